The molecule has 1 heterocycles. The van der Waals surface area contributed by atoms with E-state index in [4.69, 9.17) is 10.8 Å². The first-order chi connectivity index (χ1) is 9.40. The third-order valence-corrected chi connectivity index (χ3v) is 2.17. The average molecular weight is 280 g/mol. The van der Waals surface area contributed by atoms with Gasteiger partial charge in [-0.15, -0.1) is 0 Å². The summed E-state index contributed by atoms with van der Waals surface area (Å²) in [6.45, 7) is 3.86. The fraction of sp³-hybridized carbons (Fsp3) is 0.231. The molecule has 5 N–H and O–H groups in total. The molecule has 0 saturated heterocycles. The largest absolute Gasteiger partial charge is 0.476 e. The number of nitrogen functional groups attached to an aromatic ring is 1. The van der Waals surface area contributed by atoms with Gasteiger partial charge >= 0.3 is 5.97 Å². The van der Waals surface area contributed by atoms with Crippen LogP contribution in [0.15, 0.2) is 30.5 Å². The monoisotopic (exact) mass is 280 g/mol. The van der Waals surface area contributed by atoms with Gasteiger partial charge in [-0.1, -0.05) is 0 Å². The van der Waals surface area contributed by atoms with Crippen LogP contribution in [0.1, 0.15) is 24.3 Å². The molecule has 1 aromatic carbocycles. The van der Waals surface area contributed by atoms with Crippen molar-refractivity contribution in [3.05, 3.63) is 42.0 Å². The van der Waals surface area contributed by atoms with E-state index in [2.05, 4.69) is 15.5 Å². The van der Waals surface area contributed by atoms with Gasteiger partial charge in [0, 0.05) is 11.7 Å². The van der Waals surface area contributed by atoms with E-state index in [9.17, 15) is 9.18 Å². The molecule has 0 saturated carbocycles. The Labute approximate surface area is 115 Å². The van der Waals surface area contributed by atoms with Crippen LogP contribution < -0.4 is 11.1 Å². The lowest BCUT2D eigenvalue weighted by Crippen LogP contribution is -2.12. The molecule has 0 fully saturated rings. The number of carboxylic acids is 1. The van der Waals surface area contributed by atoms with Crippen LogP contribution in [-0.4, -0.2) is 27.3 Å². The van der Waals surface area contributed by atoms with Gasteiger partial charge in [-0.3, -0.25) is 5.10 Å². The minimum absolute atomic E-state index is 0.101. The van der Waals surface area contributed by atoms with Crippen LogP contribution in [0.25, 0.3) is 0 Å². The summed E-state index contributed by atoms with van der Waals surface area (Å²) in [4.78, 5) is 10.6. The highest BCUT2D eigenvalue weighted by Gasteiger charge is 2.11. The summed E-state index contributed by atoms with van der Waals surface area (Å²) in [5.41, 5.74) is 6.48. The van der Waals surface area contributed by atoms with Crippen LogP contribution in [0.5, 0.6) is 0 Å². The van der Waals surface area contributed by atoms with Crippen molar-refractivity contribution < 1.29 is 14.3 Å². The quantitative estimate of drug-likeness (QED) is 0.646. The number of aromatic carboxylic acids is 1. The topological polar surface area (TPSA) is 104 Å². The van der Waals surface area contributed by atoms with Crippen molar-refractivity contribution >= 4 is 17.3 Å². The van der Waals surface area contributed by atoms with E-state index < -0.39 is 5.97 Å². The van der Waals surface area contributed by atoms with Crippen molar-refractivity contribution in [2.24, 2.45) is 0 Å². The Morgan fingerprint density at radius 3 is 2.45 bits per heavy atom. The second-order valence-corrected chi connectivity index (χ2v) is 4.31. The minimum Gasteiger partial charge on any atom is -0.476 e. The summed E-state index contributed by atoms with van der Waals surface area (Å²) in [6, 6.07) is 5.90. The van der Waals surface area contributed by atoms with Crippen LogP contribution in [-0.2, 0) is 0 Å². The first-order valence-corrected chi connectivity index (χ1v) is 5.94. The number of nitrogens with two attached hydrogens (primary N) is 1. The van der Waals surface area contributed by atoms with Crippen molar-refractivity contribution in [3.8, 4) is 0 Å². The predicted molar refractivity (Wildman–Crippen MR) is 75.1 cm³/mol. The molecular weight excluding hydrogens is 263 g/mol. The summed E-state index contributed by atoms with van der Waals surface area (Å²) in [5, 5.41) is 17.6. The van der Waals surface area contributed by atoms with Gasteiger partial charge in [0.1, 0.15) is 5.82 Å². The molecule has 0 bridgehead atoms. The molecule has 0 aliphatic carbocycles. The molecule has 0 aliphatic heterocycles. The van der Waals surface area contributed by atoms with Gasteiger partial charge in [0.05, 0.1) is 11.9 Å². The Balaban J connectivity index is 0.000000217. The van der Waals surface area contributed by atoms with Gasteiger partial charge in [0.25, 0.3) is 0 Å². The Kier molecular flexibility index (Phi) is 5.52. The molecule has 7 heteroatoms. The second-order valence-electron chi connectivity index (χ2n) is 4.31. The number of nitrogens with zero attached hydrogens (tertiary/aromatic N) is 1. The Hall–Kier alpha value is -2.57. The van der Waals surface area contributed by atoms with Crippen LogP contribution in [0.2, 0.25) is 0 Å². The zero-order valence-corrected chi connectivity index (χ0v) is 11.2. The summed E-state index contributed by atoms with van der Waals surface area (Å²) in [7, 11) is 0. The number of hydrogen-bond donors (Lipinski definition) is 4. The minimum atomic E-state index is -1.00. The molecule has 0 unspecified atom stereocenters. The molecular formula is C13H17FN4O2. The van der Waals surface area contributed by atoms with Gasteiger partial charge in [-0.05, 0) is 38.1 Å². The highest BCUT2D eigenvalue weighted by Crippen LogP contribution is 2.11. The van der Waals surface area contributed by atoms with E-state index in [1.807, 2.05) is 13.8 Å². The molecule has 1 aromatic heterocycles. The van der Waals surface area contributed by atoms with Crippen molar-refractivity contribution in [1.82, 2.24) is 10.2 Å². The summed E-state index contributed by atoms with van der Waals surface area (Å²) < 4.78 is 12.0. The molecule has 6 nitrogen and oxygen atoms in total. The number of carboxylic acid groups (broad SMARTS) is 1. The summed E-state index contributed by atoms with van der Waals surface area (Å²) in [6.07, 6.45) is 1.46. The average Bonchev–Trinajstić information content (AvgIpc) is 2.81. The number of anilines is 2. The number of carbonyl (C=O) groups is 1. The van der Waals surface area contributed by atoms with Crippen molar-refractivity contribution in [2.75, 3.05) is 11.1 Å². The molecule has 0 aliphatic rings. The molecule has 0 radical (unpaired) electrons. The van der Waals surface area contributed by atoms with Gasteiger partial charge in [0.2, 0.25) is 0 Å². The summed E-state index contributed by atoms with van der Waals surface area (Å²) >= 11 is 0. The number of rotatable bonds is 3. The lowest BCUT2D eigenvalue weighted by Gasteiger charge is -2.07. The van der Waals surface area contributed by atoms with Crippen LogP contribution in [0.3, 0.4) is 0 Å². The maximum Gasteiger partial charge on any atom is 0.356 e. The second kappa shape index (κ2) is 7.13. The third-order valence-electron chi connectivity index (χ3n) is 2.17. The highest BCUT2D eigenvalue weighted by molar-refractivity contribution is 5.91. The fourth-order valence-corrected chi connectivity index (χ4v) is 1.33. The number of halogens is 1. The van der Waals surface area contributed by atoms with E-state index in [1.54, 1.807) is 0 Å². The molecule has 20 heavy (non-hydrogen) atoms. The van der Waals surface area contributed by atoms with Crippen molar-refractivity contribution in [1.29, 1.82) is 0 Å². The van der Waals surface area contributed by atoms with E-state index in [0.717, 1.165) is 0 Å². The van der Waals surface area contributed by atoms with Gasteiger partial charge < -0.3 is 16.2 Å². The molecule has 2 rings (SSSR count). The Morgan fingerprint density at radius 1 is 1.40 bits per heavy atom. The van der Waals surface area contributed by atoms with E-state index in [1.165, 1.54) is 30.5 Å². The molecule has 0 atom stereocenters. The molecule has 2 aromatic rings. The lowest BCUT2D eigenvalue weighted by atomic mass is 10.3. The predicted octanol–water partition coefficient (Wildman–Crippen LogP) is 2.34. The number of H-pyrrole nitrogens is 1. The molecule has 108 valence electrons. The van der Waals surface area contributed by atoms with Crippen molar-refractivity contribution in [3.63, 3.8) is 0 Å². The SMILES string of the molecule is CC(C)Nc1cn[nH]c1C(=O)O.Nc1ccc(F)cc1. The number of aromatic amines is 1. The maximum absolute atomic E-state index is 12.0. The number of hydrogen-bond acceptors (Lipinski definition) is 4. The van der Waals surface area contributed by atoms with Gasteiger partial charge in [-0.2, -0.15) is 5.10 Å². The van der Waals surface area contributed by atoms with Crippen LogP contribution >= 0.6 is 0 Å². The van der Waals surface area contributed by atoms with Crippen LogP contribution in [0, 0.1) is 5.82 Å². The first kappa shape index (κ1) is 15.5. The number of aromatic nitrogens is 2. The van der Waals surface area contributed by atoms with Crippen LogP contribution in [0.4, 0.5) is 15.8 Å². The third kappa shape index (κ3) is 4.97. The Morgan fingerprint density at radius 2 is 2.00 bits per heavy atom. The fourth-order valence-electron chi connectivity index (χ4n) is 1.33. The zero-order chi connectivity index (χ0) is 15.1. The summed E-state index contributed by atoms with van der Waals surface area (Å²) in [5.74, 6) is -1.25. The number of nitrogens with one attached hydrogen (secondary N) is 2. The van der Waals surface area contributed by atoms with E-state index in [-0.39, 0.29) is 17.6 Å². The number of benzene rings is 1. The molecule has 0 amide bonds. The molecule has 0 spiro atoms. The smallest absolute Gasteiger partial charge is 0.356 e. The standard InChI is InChI=1S/C7H11N3O2.C6H6FN/c1-4(2)9-5-3-8-10-6(5)7(11)12;7-5-1-3-6(8)4-2-5/h3-4,9H,1-2H3,(H,8,10)(H,11,12);1-4H,8H2. The highest BCUT2D eigenvalue weighted by atomic mass is 19.1. The lowest BCUT2D eigenvalue weighted by molar-refractivity contribution is 0.0691. The van der Waals surface area contributed by atoms with E-state index >= 15 is 0 Å². The Bertz CT molecular complexity index is 531. The van der Waals surface area contributed by atoms with E-state index in [0.29, 0.717) is 11.4 Å². The zero-order valence-electron chi connectivity index (χ0n) is 11.2. The van der Waals surface area contributed by atoms with Gasteiger partial charge in [0.15, 0.2) is 5.69 Å². The normalized spacial score (nSPS) is 9.80. The van der Waals surface area contributed by atoms with Gasteiger partial charge in [-0.25, -0.2) is 9.18 Å². The first-order valence-electron chi connectivity index (χ1n) is 5.94. The van der Waals surface area contributed by atoms with Crippen molar-refractivity contribution in [2.45, 2.75) is 19.9 Å². The maximum atomic E-state index is 12.0.